The molecule has 0 aliphatic heterocycles. The van der Waals surface area contributed by atoms with Crippen LogP contribution in [0.25, 0.3) is 0 Å². The molecule has 0 unspecified atom stereocenters. The third-order valence-electron chi connectivity index (χ3n) is 2.58. The van der Waals surface area contributed by atoms with Gasteiger partial charge in [0.1, 0.15) is 12.7 Å². The maximum Gasteiger partial charge on any atom is 0.381 e. The molecular formula is C10H18ClN5O3. The van der Waals surface area contributed by atoms with Crippen molar-refractivity contribution >= 4 is 24.1 Å². The zero-order valence-corrected chi connectivity index (χ0v) is 11.9. The summed E-state index contributed by atoms with van der Waals surface area (Å²) >= 11 is 0. The molecule has 1 amide bonds. The van der Waals surface area contributed by atoms with Gasteiger partial charge >= 0.3 is 5.82 Å². The lowest BCUT2D eigenvalue weighted by molar-refractivity contribution is -0.389. The van der Waals surface area contributed by atoms with Crippen molar-refractivity contribution in [2.24, 2.45) is 0 Å². The quantitative estimate of drug-likeness (QED) is 0.597. The number of nitrogens with zero attached hydrogens (tertiary/aromatic N) is 4. The fraction of sp³-hybridized carbons (Fsp3) is 0.600. The molecule has 0 saturated heterocycles. The van der Waals surface area contributed by atoms with Gasteiger partial charge in [0.15, 0.2) is 0 Å². The van der Waals surface area contributed by atoms with Gasteiger partial charge in [-0.1, -0.05) is 0 Å². The van der Waals surface area contributed by atoms with Gasteiger partial charge in [0.25, 0.3) is 0 Å². The van der Waals surface area contributed by atoms with E-state index >= 15 is 0 Å². The zero-order chi connectivity index (χ0) is 13.7. The molecule has 0 aliphatic carbocycles. The average molecular weight is 292 g/mol. The Kier molecular flexibility index (Phi) is 7.02. The maximum atomic E-state index is 11.8. The largest absolute Gasteiger partial charge is 0.381 e. The molecule has 9 heteroatoms. The van der Waals surface area contributed by atoms with Crippen LogP contribution >= 0.6 is 12.4 Å². The highest BCUT2D eigenvalue weighted by Gasteiger charge is 2.18. The molecule has 108 valence electrons. The van der Waals surface area contributed by atoms with Crippen LogP contribution in [0.2, 0.25) is 0 Å². The minimum Gasteiger partial charge on any atom is -0.358 e. The fourth-order valence-corrected chi connectivity index (χ4v) is 1.41. The SMILES string of the molecule is CNCCN(C)C(=O)Cn1cc([N+](=O)[O-])nc1C.Cl. The van der Waals surface area contributed by atoms with Gasteiger partial charge in [-0.15, -0.1) is 12.4 Å². The Hall–Kier alpha value is -1.67. The summed E-state index contributed by atoms with van der Waals surface area (Å²) < 4.78 is 1.48. The van der Waals surface area contributed by atoms with E-state index in [1.54, 1.807) is 18.9 Å². The molecule has 1 aromatic heterocycles. The Morgan fingerprint density at radius 2 is 2.26 bits per heavy atom. The van der Waals surface area contributed by atoms with Gasteiger partial charge in [0, 0.05) is 27.1 Å². The van der Waals surface area contributed by atoms with E-state index in [2.05, 4.69) is 10.3 Å². The fourth-order valence-electron chi connectivity index (χ4n) is 1.41. The summed E-state index contributed by atoms with van der Waals surface area (Å²) in [6.45, 7) is 2.98. The van der Waals surface area contributed by atoms with Crippen LogP contribution in [0.5, 0.6) is 0 Å². The Morgan fingerprint density at radius 3 is 2.74 bits per heavy atom. The maximum absolute atomic E-state index is 11.8. The zero-order valence-electron chi connectivity index (χ0n) is 11.1. The molecule has 0 aliphatic rings. The molecule has 1 aromatic rings. The highest BCUT2D eigenvalue weighted by molar-refractivity contribution is 5.85. The van der Waals surface area contributed by atoms with Crippen molar-refractivity contribution in [2.45, 2.75) is 13.5 Å². The number of nitrogens with one attached hydrogen (secondary N) is 1. The van der Waals surface area contributed by atoms with Crippen molar-refractivity contribution in [3.63, 3.8) is 0 Å². The van der Waals surface area contributed by atoms with Crippen LogP contribution in [0.15, 0.2) is 6.20 Å². The van der Waals surface area contributed by atoms with Gasteiger partial charge in [-0.3, -0.25) is 9.36 Å². The van der Waals surface area contributed by atoms with Gasteiger partial charge < -0.3 is 20.3 Å². The van der Waals surface area contributed by atoms with Crippen molar-refractivity contribution in [1.82, 2.24) is 19.8 Å². The standard InChI is InChI=1S/C10H17N5O3.ClH/c1-8-12-9(15(17)18)6-14(8)7-10(16)13(3)5-4-11-2;/h6,11H,4-5,7H2,1-3H3;1H. The minimum atomic E-state index is -0.571. The third kappa shape index (κ3) is 4.84. The summed E-state index contributed by atoms with van der Waals surface area (Å²) in [5, 5.41) is 13.5. The number of halogens is 1. The molecular weight excluding hydrogens is 274 g/mol. The van der Waals surface area contributed by atoms with Crippen molar-refractivity contribution in [1.29, 1.82) is 0 Å². The van der Waals surface area contributed by atoms with E-state index in [4.69, 9.17) is 0 Å². The number of hydrogen-bond donors (Lipinski definition) is 1. The van der Waals surface area contributed by atoms with E-state index in [0.29, 0.717) is 18.9 Å². The highest BCUT2D eigenvalue weighted by Crippen LogP contribution is 2.10. The highest BCUT2D eigenvalue weighted by atomic mass is 35.5. The first-order valence-electron chi connectivity index (χ1n) is 5.52. The molecule has 1 rings (SSSR count). The molecule has 1 heterocycles. The normalized spacial score (nSPS) is 9.84. The Balaban J connectivity index is 0.00000324. The van der Waals surface area contributed by atoms with E-state index in [0.717, 1.165) is 0 Å². The van der Waals surface area contributed by atoms with Crippen LogP contribution in [0.1, 0.15) is 5.82 Å². The minimum absolute atomic E-state index is 0. The lowest BCUT2D eigenvalue weighted by atomic mass is 10.4. The molecule has 8 nitrogen and oxygen atoms in total. The van der Waals surface area contributed by atoms with Crippen molar-refractivity contribution < 1.29 is 9.72 Å². The number of nitro groups is 1. The lowest BCUT2D eigenvalue weighted by Crippen LogP contribution is -2.35. The van der Waals surface area contributed by atoms with Gasteiger partial charge in [0.2, 0.25) is 11.7 Å². The van der Waals surface area contributed by atoms with Crippen molar-refractivity contribution in [2.75, 3.05) is 27.2 Å². The Morgan fingerprint density at radius 1 is 1.63 bits per heavy atom. The Labute approximate surface area is 117 Å². The number of carbonyl (C=O) groups excluding carboxylic acids is 1. The Bertz CT molecular complexity index is 448. The van der Waals surface area contributed by atoms with Crippen LogP contribution in [-0.2, 0) is 11.3 Å². The second kappa shape index (κ2) is 7.70. The predicted octanol–water partition coefficient (Wildman–Crippen LogP) is 0.199. The van der Waals surface area contributed by atoms with Crippen LogP contribution in [0.4, 0.5) is 5.82 Å². The summed E-state index contributed by atoms with van der Waals surface area (Å²) in [5.74, 6) is 0.107. The molecule has 0 aromatic carbocycles. The summed E-state index contributed by atoms with van der Waals surface area (Å²) in [6.07, 6.45) is 1.28. The first kappa shape index (κ1) is 17.3. The number of carbonyl (C=O) groups is 1. The summed E-state index contributed by atoms with van der Waals surface area (Å²) in [7, 11) is 3.50. The van der Waals surface area contributed by atoms with E-state index in [-0.39, 0.29) is 30.7 Å². The van der Waals surface area contributed by atoms with Crippen molar-refractivity contribution in [3.8, 4) is 0 Å². The third-order valence-corrected chi connectivity index (χ3v) is 2.58. The number of rotatable bonds is 6. The second-order valence-corrected chi connectivity index (χ2v) is 3.95. The number of aryl methyl sites for hydroxylation is 1. The van der Waals surface area contributed by atoms with Crippen molar-refractivity contribution in [3.05, 3.63) is 22.1 Å². The summed E-state index contributed by atoms with van der Waals surface area (Å²) in [5.41, 5.74) is 0. The molecule has 0 bridgehead atoms. The average Bonchev–Trinajstić information content (AvgIpc) is 2.68. The molecule has 19 heavy (non-hydrogen) atoms. The molecule has 0 atom stereocenters. The molecule has 0 spiro atoms. The first-order chi connectivity index (χ1) is 8.45. The van der Waals surface area contributed by atoms with E-state index in [1.807, 2.05) is 7.05 Å². The molecule has 0 saturated carbocycles. The molecule has 0 radical (unpaired) electrons. The number of imidazole rings is 1. The summed E-state index contributed by atoms with van der Waals surface area (Å²) in [4.78, 5) is 27.1. The van der Waals surface area contributed by atoms with Gasteiger partial charge in [-0.2, -0.15) is 0 Å². The summed E-state index contributed by atoms with van der Waals surface area (Å²) in [6, 6.07) is 0. The van der Waals surface area contributed by atoms with Gasteiger partial charge in [0.05, 0.1) is 0 Å². The second-order valence-electron chi connectivity index (χ2n) is 3.95. The van der Waals surface area contributed by atoms with E-state index in [1.165, 1.54) is 10.8 Å². The number of aromatic nitrogens is 2. The van der Waals surface area contributed by atoms with Gasteiger partial charge in [-0.25, -0.2) is 0 Å². The van der Waals surface area contributed by atoms with E-state index < -0.39 is 4.92 Å². The van der Waals surface area contributed by atoms with Gasteiger partial charge in [-0.05, 0) is 17.0 Å². The first-order valence-corrected chi connectivity index (χ1v) is 5.52. The van der Waals surface area contributed by atoms with E-state index in [9.17, 15) is 14.9 Å². The van der Waals surface area contributed by atoms with Crippen LogP contribution in [-0.4, -0.2) is 52.5 Å². The van der Waals surface area contributed by atoms with Crippen LogP contribution in [0, 0.1) is 17.0 Å². The monoisotopic (exact) mass is 291 g/mol. The molecule has 1 N–H and O–H groups in total. The number of amides is 1. The van der Waals surface area contributed by atoms with Crippen LogP contribution in [0.3, 0.4) is 0 Å². The predicted molar refractivity (Wildman–Crippen MR) is 72.4 cm³/mol. The number of likely N-dealkylation sites (N-methyl/N-ethyl adjacent to an activating group) is 2. The molecule has 0 fully saturated rings. The van der Waals surface area contributed by atoms with Crippen LogP contribution < -0.4 is 5.32 Å². The lowest BCUT2D eigenvalue weighted by Gasteiger charge is -2.16. The topological polar surface area (TPSA) is 93.3 Å². The smallest absolute Gasteiger partial charge is 0.358 e. The number of hydrogen-bond acceptors (Lipinski definition) is 5.